The first-order valence-electron chi connectivity index (χ1n) is 6.41. The molecule has 1 N–H and O–H groups in total. The minimum atomic E-state index is -0.491. The summed E-state index contributed by atoms with van der Waals surface area (Å²) in [6.07, 6.45) is 3.01. The normalized spacial score (nSPS) is 23.2. The number of nitrogens with zero attached hydrogens (tertiary/aromatic N) is 1. The lowest BCUT2D eigenvalue weighted by Gasteiger charge is -2.35. The molecular formula is C14H17BrFNO2. The molecule has 0 saturated heterocycles. The van der Waals surface area contributed by atoms with Crippen molar-refractivity contribution < 1.29 is 14.3 Å². The fourth-order valence-electron chi connectivity index (χ4n) is 2.55. The maximum absolute atomic E-state index is 13.2. The van der Waals surface area contributed by atoms with Gasteiger partial charge in [0.05, 0.1) is 17.7 Å². The molecule has 19 heavy (non-hydrogen) atoms. The molecule has 2 unspecified atom stereocenters. The van der Waals surface area contributed by atoms with Gasteiger partial charge in [0.1, 0.15) is 5.82 Å². The van der Waals surface area contributed by atoms with Gasteiger partial charge in [-0.1, -0.05) is 12.8 Å². The quantitative estimate of drug-likeness (QED) is 0.906. The highest BCUT2D eigenvalue weighted by Gasteiger charge is 2.30. The minimum Gasteiger partial charge on any atom is -0.391 e. The van der Waals surface area contributed by atoms with Gasteiger partial charge in [-0.25, -0.2) is 4.39 Å². The maximum Gasteiger partial charge on any atom is 0.255 e. The monoisotopic (exact) mass is 329 g/mol. The highest BCUT2D eigenvalue weighted by atomic mass is 79.9. The topological polar surface area (TPSA) is 40.5 Å². The van der Waals surface area contributed by atoms with Crippen LogP contribution in [-0.2, 0) is 0 Å². The molecule has 0 radical (unpaired) electrons. The van der Waals surface area contributed by atoms with Crippen LogP contribution in [0.25, 0.3) is 0 Å². The lowest BCUT2D eigenvalue weighted by atomic mass is 9.91. The van der Waals surface area contributed by atoms with Crippen LogP contribution in [-0.4, -0.2) is 35.1 Å². The zero-order valence-electron chi connectivity index (χ0n) is 10.8. The van der Waals surface area contributed by atoms with Gasteiger partial charge in [-0.2, -0.15) is 0 Å². The Bertz CT molecular complexity index is 481. The smallest absolute Gasteiger partial charge is 0.255 e. The van der Waals surface area contributed by atoms with Crippen LogP contribution < -0.4 is 0 Å². The summed E-state index contributed by atoms with van der Waals surface area (Å²) in [4.78, 5) is 13.9. The van der Waals surface area contributed by atoms with E-state index in [1.54, 1.807) is 7.05 Å². The van der Waals surface area contributed by atoms with E-state index in [2.05, 4.69) is 15.9 Å². The van der Waals surface area contributed by atoms with Gasteiger partial charge in [0, 0.05) is 11.5 Å². The van der Waals surface area contributed by atoms with Gasteiger partial charge in [-0.15, -0.1) is 0 Å². The molecule has 0 heterocycles. The molecule has 2 rings (SSSR count). The number of aliphatic hydroxyl groups excluding tert-OH is 1. The van der Waals surface area contributed by atoms with Gasteiger partial charge in [-0.05, 0) is 47.0 Å². The van der Waals surface area contributed by atoms with Crippen molar-refractivity contribution in [3.8, 4) is 0 Å². The van der Waals surface area contributed by atoms with Crippen molar-refractivity contribution in [2.45, 2.75) is 37.8 Å². The molecule has 1 aromatic rings. The second-order valence-electron chi connectivity index (χ2n) is 4.96. The van der Waals surface area contributed by atoms with E-state index in [-0.39, 0.29) is 11.9 Å². The molecule has 0 aliphatic heterocycles. The number of likely N-dealkylation sites (N-methyl/N-ethyl adjacent to an activating group) is 1. The summed E-state index contributed by atoms with van der Waals surface area (Å²) < 4.78 is 13.8. The van der Waals surface area contributed by atoms with Crippen LogP contribution in [0, 0.1) is 5.82 Å². The Labute approximate surface area is 120 Å². The predicted molar refractivity (Wildman–Crippen MR) is 74.5 cm³/mol. The standard InChI is InChI=1S/C14H17BrFNO2/c1-17(12-4-2-3-5-13(12)18)14(19)10-8-9(16)6-7-11(10)15/h6-8,12-13,18H,2-5H2,1H3. The highest BCUT2D eigenvalue weighted by molar-refractivity contribution is 9.10. The zero-order chi connectivity index (χ0) is 14.0. The summed E-state index contributed by atoms with van der Waals surface area (Å²) in [6.45, 7) is 0. The Morgan fingerprint density at radius 2 is 2.11 bits per heavy atom. The van der Waals surface area contributed by atoms with Crippen molar-refractivity contribution in [1.29, 1.82) is 0 Å². The van der Waals surface area contributed by atoms with Crippen molar-refractivity contribution in [3.05, 3.63) is 34.1 Å². The molecule has 1 aromatic carbocycles. The molecule has 1 saturated carbocycles. The third kappa shape index (κ3) is 3.15. The molecule has 1 aliphatic carbocycles. The van der Waals surface area contributed by atoms with Gasteiger partial charge in [0.25, 0.3) is 5.91 Å². The molecule has 3 nitrogen and oxygen atoms in total. The molecule has 5 heteroatoms. The highest BCUT2D eigenvalue weighted by Crippen LogP contribution is 2.25. The number of aliphatic hydroxyl groups is 1. The fourth-order valence-corrected chi connectivity index (χ4v) is 2.96. The van der Waals surface area contributed by atoms with Crippen molar-refractivity contribution in [2.75, 3.05) is 7.05 Å². The maximum atomic E-state index is 13.2. The Morgan fingerprint density at radius 1 is 1.42 bits per heavy atom. The Morgan fingerprint density at radius 3 is 2.79 bits per heavy atom. The van der Waals surface area contributed by atoms with Crippen LogP contribution >= 0.6 is 15.9 Å². The van der Waals surface area contributed by atoms with Crippen molar-refractivity contribution in [1.82, 2.24) is 4.90 Å². The molecule has 1 aliphatic rings. The van der Waals surface area contributed by atoms with E-state index >= 15 is 0 Å². The van der Waals surface area contributed by atoms with Crippen LogP contribution in [0.1, 0.15) is 36.0 Å². The van der Waals surface area contributed by atoms with Gasteiger partial charge in [0.15, 0.2) is 0 Å². The molecule has 1 fully saturated rings. The zero-order valence-corrected chi connectivity index (χ0v) is 12.4. The molecular weight excluding hydrogens is 313 g/mol. The second kappa shape index (κ2) is 6.01. The lowest BCUT2D eigenvalue weighted by Crippen LogP contribution is -2.46. The largest absolute Gasteiger partial charge is 0.391 e. The van der Waals surface area contributed by atoms with Crippen molar-refractivity contribution >= 4 is 21.8 Å². The number of halogens is 2. The average molecular weight is 330 g/mol. The van der Waals surface area contributed by atoms with E-state index in [1.165, 1.54) is 23.1 Å². The lowest BCUT2D eigenvalue weighted by molar-refractivity contribution is 0.0267. The van der Waals surface area contributed by atoms with Crippen LogP contribution in [0.2, 0.25) is 0 Å². The third-order valence-electron chi connectivity index (χ3n) is 3.67. The van der Waals surface area contributed by atoms with Gasteiger partial charge in [0.2, 0.25) is 0 Å². The first kappa shape index (κ1) is 14.5. The number of carbonyl (C=O) groups is 1. The predicted octanol–water partition coefficient (Wildman–Crippen LogP) is 2.96. The number of benzene rings is 1. The van der Waals surface area contributed by atoms with Gasteiger partial charge >= 0.3 is 0 Å². The summed E-state index contributed by atoms with van der Waals surface area (Å²) in [5, 5.41) is 9.98. The van der Waals surface area contributed by atoms with E-state index in [1.807, 2.05) is 0 Å². The van der Waals surface area contributed by atoms with Crippen LogP contribution in [0.15, 0.2) is 22.7 Å². The first-order valence-corrected chi connectivity index (χ1v) is 7.20. The number of hydrogen-bond donors (Lipinski definition) is 1. The summed E-state index contributed by atoms with van der Waals surface area (Å²) in [7, 11) is 1.67. The van der Waals surface area contributed by atoms with Crippen LogP contribution in [0.5, 0.6) is 0 Å². The molecule has 2 atom stereocenters. The minimum absolute atomic E-state index is 0.184. The number of rotatable bonds is 2. The van der Waals surface area contributed by atoms with Crippen LogP contribution in [0.3, 0.4) is 0 Å². The summed E-state index contributed by atoms with van der Waals surface area (Å²) in [6, 6.07) is 3.86. The SMILES string of the molecule is CN(C(=O)c1cc(F)ccc1Br)C1CCCCC1O. The Hall–Kier alpha value is -0.940. The molecule has 0 bridgehead atoms. The van der Waals surface area contributed by atoms with Crippen molar-refractivity contribution in [2.24, 2.45) is 0 Å². The molecule has 0 spiro atoms. The fraction of sp³-hybridized carbons (Fsp3) is 0.500. The van der Waals surface area contributed by atoms with E-state index in [9.17, 15) is 14.3 Å². The third-order valence-corrected chi connectivity index (χ3v) is 4.36. The summed E-state index contributed by atoms with van der Waals surface area (Å²) in [5.41, 5.74) is 0.292. The van der Waals surface area contributed by atoms with E-state index < -0.39 is 11.9 Å². The Balaban J connectivity index is 2.20. The van der Waals surface area contributed by atoms with Crippen LogP contribution in [0.4, 0.5) is 4.39 Å². The van der Waals surface area contributed by atoms with E-state index in [4.69, 9.17) is 0 Å². The van der Waals surface area contributed by atoms with Gasteiger partial charge in [-0.3, -0.25) is 4.79 Å². The Kier molecular flexibility index (Phi) is 4.58. The number of hydrogen-bond acceptors (Lipinski definition) is 2. The molecule has 104 valence electrons. The number of carbonyl (C=O) groups excluding carboxylic acids is 1. The average Bonchev–Trinajstić information content (AvgIpc) is 2.40. The molecule has 1 amide bonds. The van der Waals surface area contributed by atoms with Gasteiger partial charge < -0.3 is 10.0 Å². The summed E-state index contributed by atoms with van der Waals surface area (Å²) >= 11 is 3.26. The first-order chi connectivity index (χ1) is 9.00. The van der Waals surface area contributed by atoms with E-state index in [0.717, 1.165) is 19.3 Å². The summed E-state index contributed by atoms with van der Waals surface area (Å²) in [5.74, 6) is -0.707. The van der Waals surface area contributed by atoms with E-state index in [0.29, 0.717) is 16.5 Å². The number of amides is 1. The molecule has 0 aromatic heterocycles. The van der Waals surface area contributed by atoms with Crippen molar-refractivity contribution in [3.63, 3.8) is 0 Å². The second-order valence-corrected chi connectivity index (χ2v) is 5.81.